The van der Waals surface area contributed by atoms with Crippen LogP contribution in [-0.2, 0) is 0 Å². The van der Waals surface area contributed by atoms with E-state index >= 15 is 0 Å². The van der Waals surface area contributed by atoms with E-state index in [9.17, 15) is 4.39 Å². The van der Waals surface area contributed by atoms with Crippen molar-refractivity contribution in [1.82, 2.24) is 0 Å². The van der Waals surface area contributed by atoms with Crippen molar-refractivity contribution in [3.8, 4) is 5.75 Å². The van der Waals surface area contributed by atoms with Crippen LogP contribution >= 0.6 is 24.0 Å². The molecule has 0 spiro atoms. The second-order valence-corrected chi connectivity index (χ2v) is 4.49. The molecule has 2 atom stereocenters. The van der Waals surface area contributed by atoms with Gasteiger partial charge < -0.3 is 10.5 Å². The summed E-state index contributed by atoms with van der Waals surface area (Å²) in [6, 6.07) is 5.47. The molecule has 0 unspecified atom stereocenters. The smallest absolute Gasteiger partial charge is 0.123 e. The molecule has 1 aliphatic rings. The molecule has 2 nitrogen and oxygen atoms in total. The average Bonchev–Trinajstić information content (AvgIpc) is 3.06. The lowest BCUT2D eigenvalue weighted by Gasteiger charge is -2.10. The molecule has 96 valence electrons. The van der Waals surface area contributed by atoms with E-state index in [0.717, 1.165) is 17.7 Å². The third-order valence-corrected chi connectivity index (χ3v) is 3.17. The van der Waals surface area contributed by atoms with E-state index in [4.69, 9.17) is 22.1 Å². The number of rotatable bonds is 5. The summed E-state index contributed by atoms with van der Waals surface area (Å²) < 4.78 is 17.4. The maximum Gasteiger partial charge on any atom is 0.123 e. The largest absolute Gasteiger partial charge is 0.491 e. The van der Waals surface area contributed by atoms with Crippen LogP contribution in [0, 0.1) is 5.92 Å². The molecule has 0 amide bonds. The molecular formula is C12H16Cl2FNO. The van der Waals surface area contributed by atoms with Gasteiger partial charge in [-0.25, -0.2) is 4.39 Å². The maximum atomic E-state index is 12.1. The van der Waals surface area contributed by atoms with Crippen LogP contribution in [0.4, 0.5) is 4.39 Å². The average molecular weight is 280 g/mol. The van der Waals surface area contributed by atoms with Crippen LogP contribution in [0.3, 0.4) is 0 Å². The number of alkyl halides is 1. The van der Waals surface area contributed by atoms with Gasteiger partial charge in [0, 0.05) is 5.02 Å². The molecule has 0 aliphatic heterocycles. The van der Waals surface area contributed by atoms with Gasteiger partial charge >= 0.3 is 0 Å². The first-order valence-electron chi connectivity index (χ1n) is 5.44. The van der Waals surface area contributed by atoms with Gasteiger partial charge in [-0.3, -0.25) is 0 Å². The molecule has 2 N–H and O–H groups in total. The van der Waals surface area contributed by atoms with Crippen molar-refractivity contribution >= 4 is 24.0 Å². The maximum absolute atomic E-state index is 12.1. The third kappa shape index (κ3) is 3.47. The van der Waals surface area contributed by atoms with Crippen LogP contribution in [-0.4, -0.2) is 19.8 Å². The fourth-order valence-corrected chi connectivity index (χ4v) is 2.16. The van der Waals surface area contributed by atoms with Crippen LogP contribution in [0.25, 0.3) is 0 Å². The molecule has 1 fully saturated rings. The van der Waals surface area contributed by atoms with E-state index in [1.807, 2.05) is 6.07 Å². The quantitative estimate of drug-likeness (QED) is 0.899. The van der Waals surface area contributed by atoms with Gasteiger partial charge in [0.25, 0.3) is 0 Å². The predicted molar refractivity (Wildman–Crippen MR) is 70.1 cm³/mol. The molecule has 5 heteroatoms. The lowest BCUT2D eigenvalue weighted by Crippen LogP contribution is -2.04. The van der Waals surface area contributed by atoms with Crippen LogP contribution in [0.1, 0.15) is 17.9 Å². The van der Waals surface area contributed by atoms with Gasteiger partial charge in [-0.05, 0) is 48.6 Å². The van der Waals surface area contributed by atoms with E-state index in [0.29, 0.717) is 23.4 Å². The zero-order valence-corrected chi connectivity index (χ0v) is 10.9. The van der Waals surface area contributed by atoms with E-state index in [2.05, 4.69) is 0 Å². The Hall–Kier alpha value is -0.510. The van der Waals surface area contributed by atoms with Gasteiger partial charge in [0.2, 0.25) is 0 Å². The SMILES string of the molecule is Cl.NC[C@@H]1C[C@H]1c1cc(Cl)ccc1OCCF. The third-order valence-electron chi connectivity index (χ3n) is 2.93. The fourth-order valence-electron chi connectivity index (χ4n) is 1.98. The van der Waals surface area contributed by atoms with Crippen molar-refractivity contribution in [1.29, 1.82) is 0 Å². The summed E-state index contributed by atoms with van der Waals surface area (Å²) in [7, 11) is 0. The molecule has 0 heterocycles. The topological polar surface area (TPSA) is 35.2 Å². The lowest BCUT2D eigenvalue weighted by atomic mass is 10.1. The van der Waals surface area contributed by atoms with Crippen molar-refractivity contribution in [2.45, 2.75) is 12.3 Å². The second kappa shape index (κ2) is 6.43. The Morgan fingerprint density at radius 1 is 1.47 bits per heavy atom. The van der Waals surface area contributed by atoms with Crippen LogP contribution < -0.4 is 10.5 Å². The van der Waals surface area contributed by atoms with E-state index in [-0.39, 0.29) is 19.0 Å². The standard InChI is InChI=1S/C12H15ClFNO.ClH/c13-9-1-2-12(16-4-3-14)11(6-9)10-5-8(10)7-15;/h1-2,6,8,10H,3-5,7,15H2;1H/t8-,10+;/m0./s1. The van der Waals surface area contributed by atoms with E-state index in [1.165, 1.54) is 0 Å². The second-order valence-electron chi connectivity index (χ2n) is 4.06. The summed E-state index contributed by atoms with van der Waals surface area (Å²) in [5, 5.41) is 0.685. The Kier molecular flexibility index (Phi) is 5.50. The van der Waals surface area contributed by atoms with Gasteiger partial charge in [0.15, 0.2) is 0 Å². The molecule has 0 radical (unpaired) electrons. The van der Waals surface area contributed by atoms with Crippen molar-refractivity contribution in [2.75, 3.05) is 19.8 Å². The Morgan fingerprint density at radius 2 is 2.24 bits per heavy atom. The molecule has 1 aromatic rings. The Bertz CT molecular complexity index is 376. The molecule has 1 aliphatic carbocycles. The van der Waals surface area contributed by atoms with Crippen LogP contribution in [0.2, 0.25) is 5.02 Å². The van der Waals surface area contributed by atoms with E-state index < -0.39 is 6.67 Å². The van der Waals surface area contributed by atoms with Crippen molar-refractivity contribution in [3.63, 3.8) is 0 Å². The molecular weight excluding hydrogens is 264 g/mol. The van der Waals surface area contributed by atoms with Crippen molar-refractivity contribution < 1.29 is 9.13 Å². The fraction of sp³-hybridized carbons (Fsp3) is 0.500. The Labute approximate surface area is 112 Å². The predicted octanol–water partition coefficient (Wildman–Crippen LogP) is 3.17. The Balaban J connectivity index is 0.00000144. The number of halogens is 3. The van der Waals surface area contributed by atoms with Gasteiger partial charge in [-0.2, -0.15) is 0 Å². The molecule has 1 saturated carbocycles. The number of benzene rings is 1. The van der Waals surface area contributed by atoms with Gasteiger partial charge in [0.1, 0.15) is 19.0 Å². The first-order valence-corrected chi connectivity index (χ1v) is 5.82. The highest BCUT2D eigenvalue weighted by atomic mass is 35.5. The molecule has 1 aromatic carbocycles. The summed E-state index contributed by atoms with van der Waals surface area (Å²) in [6.07, 6.45) is 1.07. The summed E-state index contributed by atoms with van der Waals surface area (Å²) in [6.45, 7) is 0.293. The van der Waals surface area contributed by atoms with Gasteiger partial charge in [-0.1, -0.05) is 11.6 Å². The zero-order valence-electron chi connectivity index (χ0n) is 9.36. The van der Waals surface area contributed by atoms with Crippen molar-refractivity contribution in [3.05, 3.63) is 28.8 Å². The first kappa shape index (κ1) is 14.6. The normalized spacial score (nSPS) is 21.8. The highest BCUT2D eigenvalue weighted by Gasteiger charge is 2.38. The number of ether oxygens (including phenoxy) is 1. The highest BCUT2D eigenvalue weighted by molar-refractivity contribution is 6.30. The Morgan fingerprint density at radius 3 is 2.82 bits per heavy atom. The minimum absolute atomic E-state index is 0. The summed E-state index contributed by atoms with van der Waals surface area (Å²) in [5.74, 6) is 1.69. The van der Waals surface area contributed by atoms with Gasteiger partial charge in [-0.15, -0.1) is 12.4 Å². The molecule has 2 rings (SSSR count). The minimum Gasteiger partial charge on any atom is -0.491 e. The van der Waals surface area contributed by atoms with Crippen molar-refractivity contribution in [2.24, 2.45) is 11.7 Å². The minimum atomic E-state index is -0.479. The summed E-state index contributed by atoms with van der Waals surface area (Å²) >= 11 is 5.95. The number of nitrogens with two attached hydrogens (primary N) is 1. The highest BCUT2D eigenvalue weighted by Crippen LogP contribution is 2.50. The zero-order chi connectivity index (χ0) is 11.5. The van der Waals surface area contributed by atoms with E-state index in [1.54, 1.807) is 12.1 Å². The summed E-state index contributed by atoms with van der Waals surface area (Å²) in [4.78, 5) is 0. The lowest BCUT2D eigenvalue weighted by molar-refractivity contribution is 0.271. The van der Waals surface area contributed by atoms with Crippen LogP contribution in [0.15, 0.2) is 18.2 Å². The number of hydrogen-bond donors (Lipinski definition) is 1. The van der Waals surface area contributed by atoms with Gasteiger partial charge in [0.05, 0.1) is 0 Å². The monoisotopic (exact) mass is 279 g/mol. The first-order chi connectivity index (χ1) is 7.76. The van der Waals surface area contributed by atoms with Crippen LogP contribution in [0.5, 0.6) is 5.75 Å². The number of hydrogen-bond acceptors (Lipinski definition) is 2. The molecule has 0 bridgehead atoms. The molecule has 0 aromatic heterocycles. The summed E-state index contributed by atoms with van der Waals surface area (Å²) in [5.41, 5.74) is 6.68. The molecule has 17 heavy (non-hydrogen) atoms. The molecule has 0 saturated heterocycles.